The van der Waals surface area contributed by atoms with Crippen LogP contribution in [0.5, 0.6) is 11.5 Å². The van der Waals surface area contributed by atoms with E-state index in [1.54, 1.807) is 33.6 Å². The van der Waals surface area contributed by atoms with Crippen LogP contribution in [-0.2, 0) is 20.9 Å². The molecule has 242 valence electrons. The summed E-state index contributed by atoms with van der Waals surface area (Å²) in [5.74, 6) is 1.52. The number of rotatable bonds is 22. The number of methoxy groups -OCH3 is 2. The first-order valence-corrected chi connectivity index (χ1v) is 24.9. The van der Waals surface area contributed by atoms with Gasteiger partial charge in [-0.15, -0.1) is 0 Å². The third-order valence-corrected chi connectivity index (χ3v) is 24.4. The van der Waals surface area contributed by atoms with Crippen molar-refractivity contribution in [3.8, 4) is 11.5 Å². The molecule has 0 spiro atoms. The number of hydrogen-bond donors (Lipinski definition) is 0. The zero-order valence-electron chi connectivity index (χ0n) is 28.1. The molecule has 3 atom stereocenters. The molecule has 0 aliphatic carbocycles. The second kappa shape index (κ2) is 21.1. The summed E-state index contributed by atoms with van der Waals surface area (Å²) in [7, 11) is 3.20. The molecule has 0 radical (unpaired) electrons. The molecule has 0 bridgehead atoms. The van der Waals surface area contributed by atoms with Crippen LogP contribution in [0.2, 0.25) is 17.7 Å². The number of unbranched alkanes of at least 4 members (excludes halogenated alkanes) is 3. The maximum absolute atomic E-state index is 12.3. The molecule has 1 aliphatic rings. The minimum atomic E-state index is -2.20. The summed E-state index contributed by atoms with van der Waals surface area (Å²) in [5.41, 5.74) is 2.31. The summed E-state index contributed by atoms with van der Waals surface area (Å²) >= 11 is -2.20. The van der Waals surface area contributed by atoms with Crippen molar-refractivity contribution in [3.63, 3.8) is 0 Å². The van der Waals surface area contributed by atoms with Gasteiger partial charge >= 0.3 is 193 Å². The van der Waals surface area contributed by atoms with Crippen molar-refractivity contribution in [2.24, 2.45) is 5.92 Å². The second-order valence-corrected chi connectivity index (χ2v) is 26.5. The van der Waals surface area contributed by atoms with Gasteiger partial charge < -0.3 is 14.2 Å². The molecule has 1 heterocycles. The van der Waals surface area contributed by atoms with Crippen LogP contribution >= 0.6 is 0 Å². The van der Waals surface area contributed by atoms with Gasteiger partial charge in [-0.05, 0) is 12.1 Å². The van der Waals surface area contributed by atoms with Crippen molar-refractivity contribution < 1.29 is 23.7 Å². The Labute approximate surface area is 267 Å². The fourth-order valence-corrected chi connectivity index (χ4v) is 22.9. The number of benzene rings is 1. The van der Waals surface area contributed by atoms with Crippen LogP contribution in [0.25, 0.3) is 0 Å². The van der Waals surface area contributed by atoms with Crippen LogP contribution in [0.3, 0.4) is 0 Å². The van der Waals surface area contributed by atoms with Gasteiger partial charge in [-0.1, -0.05) is 0 Å². The van der Waals surface area contributed by atoms with Gasteiger partial charge in [0.15, 0.2) is 0 Å². The average molecular weight is 704 g/mol. The third-order valence-electron chi connectivity index (χ3n) is 8.71. The molecule has 0 N–H and O–H groups in total. The van der Waals surface area contributed by atoms with E-state index < -0.39 is 18.4 Å². The van der Waals surface area contributed by atoms with Crippen LogP contribution < -0.4 is 9.47 Å². The summed E-state index contributed by atoms with van der Waals surface area (Å²) in [6.45, 7) is 14.2. The Kier molecular flexibility index (Phi) is 18.4. The van der Waals surface area contributed by atoms with Crippen molar-refractivity contribution >= 4 is 24.3 Å². The SMILES string of the molecule is C=C(C[C@H](C)C[C@@H]1CC=C[C@@H](C/C=C\C(=O)OCc2ccc(OC)cc2OC)O1)[CH2][Sn]([CH2]CCC)([CH2]CCC)[CH2]CCC. The molecule has 0 saturated heterocycles. The Balaban J connectivity index is 1.82. The first-order valence-electron chi connectivity index (χ1n) is 16.8. The van der Waals surface area contributed by atoms with Crippen molar-refractivity contribution in [2.45, 2.75) is 128 Å². The summed E-state index contributed by atoms with van der Waals surface area (Å²) < 4.78 is 28.5. The van der Waals surface area contributed by atoms with Crippen LogP contribution in [-0.4, -0.2) is 50.8 Å². The third kappa shape index (κ3) is 14.3. The molecule has 0 aromatic heterocycles. The average Bonchev–Trinajstić information content (AvgIpc) is 3.00. The molecule has 1 aromatic rings. The molecule has 0 fully saturated rings. The summed E-state index contributed by atoms with van der Waals surface area (Å²) in [5, 5.41) is 0. The van der Waals surface area contributed by atoms with E-state index in [2.05, 4.69) is 46.4 Å². The molecular weight excluding hydrogens is 643 g/mol. The van der Waals surface area contributed by atoms with Crippen molar-refractivity contribution in [1.29, 1.82) is 0 Å². The van der Waals surface area contributed by atoms with Crippen LogP contribution in [0.1, 0.15) is 97.5 Å². The van der Waals surface area contributed by atoms with Crippen LogP contribution in [0, 0.1) is 5.92 Å². The number of hydrogen-bond acceptors (Lipinski definition) is 5. The Morgan fingerprint density at radius 2 is 1.74 bits per heavy atom. The van der Waals surface area contributed by atoms with E-state index in [-0.39, 0.29) is 24.8 Å². The fourth-order valence-electron chi connectivity index (χ4n) is 6.41. The van der Waals surface area contributed by atoms with Gasteiger partial charge in [-0.25, -0.2) is 4.79 Å². The summed E-state index contributed by atoms with van der Waals surface area (Å²) in [4.78, 5) is 12.3. The Morgan fingerprint density at radius 3 is 2.35 bits per heavy atom. The molecular formula is C37H60O5Sn. The topological polar surface area (TPSA) is 54.0 Å². The predicted molar refractivity (Wildman–Crippen MR) is 183 cm³/mol. The number of carbonyl (C=O) groups is 1. The van der Waals surface area contributed by atoms with E-state index in [1.807, 2.05) is 18.2 Å². The van der Waals surface area contributed by atoms with Crippen LogP contribution in [0.4, 0.5) is 0 Å². The number of carbonyl (C=O) groups excluding carboxylic acids is 1. The Bertz CT molecular complexity index is 994. The van der Waals surface area contributed by atoms with Gasteiger partial charge in [0.1, 0.15) is 18.1 Å². The molecule has 0 unspecified atom stereocenters. The van der Waals surface area contributed by atoms with E-state index in [0.29, 0.717) is 23.8 Å². The van der Waals surface area contributed by atoms with Gasteiger partial charge in [0.2, 0.25) is 0 Å². The van der Waals surface area contributed by atoms with Gasteiger partial charge in [-0.3, -0.25) is 0 Å². The quantitative estimate of drug-likeness (QED) is 0.0521. The van der Waals surface area contributed by atoms with E-state index in [4.69, 9.17) is 18.9 Å². The van der Waals surface area contributed by atoms with Gasteiger partial charge in [0, 0.05) is 11.6 Å². The molecule has 0 saturated carbocycles. The van der Waals surface area contributed by atoms with Crippen molar-refractivity contribution in [3.05, 3.63) is 60.2 Å². The van der Waals surface area contributed by atoms with Gasteiger partial charge in [0.25, 0.3) is 0 Å². The Hall–Kier alpha value is -1.73. The number of allylic oxidation sites excluding steroid dienone is 1. The van der Waals surface area contributed by atoms with Crippen molar-refractivity contribution in [1.82, 2.24) is 0 Å². The van der Waals surface area contributed by atoms with E-state index in [1.165, 1.54) is 54.6 Å². The molecule has 0 amide bonds. The first-order chi connectivity index (χ1) is 20.8. The number of esters is 1. The zero-order valence-corrected chi connectivity index (χ0v) is 31.0. The molecule has 1 aromatic carbocycles. The van der Waals surface area contributed by atoms with Gasteiger partial charge in [0.05, 0.1) is 14.2 Å². The zero-order chi connectivity index (χ0) is 31.5. The standard InChI is InChI=1S/C25H33O5.3C4H9.Sn/c1-18(2)14-19(3)15-23-10-6-8-21(30-23)9-7-11-25(26)29-17-20-12-13-22(27-4)16-24(20)28-5;3*1-3-4-2;/h6-8,11-13,16,19,21,23H,1-2,9-10,14-15,17H2,3-5H3;3*1,3-4H2,2H3;/b11-7-;;;;/t19-,21-,23-;;;;/m0..../s1. The molecule has 1 aliphatic heterocycles. The molecule has 5 nitrogen and oxygen atoms in total. The van der Waals surface area contributed by atoms with E-state index in [0.717, 1.165) is 24.8 Å². The summed E-state index contributed by atoms with van der Waals surface area (Å²) in [6, 6.07) is 5.45. The minimum absolute atomic E-state index is 0.0131. The molecule has 6 heteroatoms. The monoisotopic (exact) mass is 704 g/mol. The maximum atomic E-state index is 12.3. The van der Waals surface area contributed by atoms with Crippen LogP contribution in [0.15, 0.2) is 54.7 Å². The predicted octanol–water partition coefficient (Wildman–Crippen LogP) is 10.2. The fraction of sp³-hybridized carbons (Fsp3) is 0.649. The Morgan fingerprint density at radius 1 is 1.07 bits per heavy atom. The number of ether oxygens (including phenoxy) is 4. The molecule has 43 heavy (non-hydrogen) atoms. The van der Waals surface area contributed by atoms with Gasteiger partial charge in [-0.2, -0.15) is 0 Å². The first kappa shape index (κ1) is 37.5. The summed E-state index contributed by atoms with van der Waals surface area (Å²) in [6.07, 6.45) is 19.9. The van der Waals surface area contributed by atoms with Crippen molar-refractivity contribution in [2.75, 3.05) is 14.2 Å². The van der Waals surface area contributed by atoms with E-state index in [9.17, 15) is 4.79 Å². The molecule has 2 rings (SSSR count). The van der Waals surface area contributed by atoms with E-state index >= 15 is 0 Å². The normalized spacial score (nSPS) is 17.6. The second-order valence-electron chi connectivity index (χ2n) is 12.7.